The van der Waals surface area contributed by atoms with Crippen LogP contribution in [-0.2, 0) is 9.53 Å². The van der Waals surface area contributed by atoms with E-state index >= 15 is 0 Å². The number of aliphatic carboxylic acids is 1. The highest BCUT2D eigenvalue weighted by atomic mass is 16.6. The number of carboxylic acid groups (broad SMARTS) is 1. The van der Waals surface area contributed by atoms with E-state index in [0.29, 0.717) is 19.3 Å². The zero-order valence-electron chi connectivity index (χ0n) is 10.7. The number of rotatable bonds is 7. The molecule has 0 saturated heterocycles. The Morgan fingerprint density at radius 2 is 1.82 bits per heavy atom. The number of hydrogen-bond donors (Lipinski definition) is 2. The molecular formula is C12H21NO4. The van der Waals surface area contributed by atoms with Crippen LogP contribution in [0.5, 0.6) is 0 Å². The van der Waals surface area contributed by atoms with E-state index in [4.69, 9.17) is 9.84 Å². The maximum absolute atomic E-state index is 11.6. The summed E-state index contributed by atoms with van der Waals surface area (Å²) in [5.74, 6) is -1.16. The zero-order chi connectivity index (χ0) is 13.5. The van der Waals surface area contributed by atoms with Gasteiger partial charge in [0.15, 0.2) is 0 Å². The van der Waals surface area contributed by atoms with Crippen LogP contribution in [0.3, 0.4) is 0 Å². The van der Waals surface area contributed by atoms with Gasteiger partial charge >= 0.3 is 12.1 Å². The van der Waals surface area contributed by atoms with Crippen LogP contribution in [0.1, 0.15) is 40.0 Å². The normalized spacial score (nSPS) is 12.6. The van der Waals surface area contributed by atoms with Gasteiger partial charge in [-0.3, -0.25) is 0 Å². The largest absolute Gasteiger partial charge is 0.479 e. The monoisotopic (exact) mass is 243 g/mol. The fraction of sp³-hybridized carbons (Fsp3) is 0.667. The highest BCUT2D eigenvalue weighted by Gasteiger charge is 2.29. The van der Waals surface area contributed by atoms with Crippen molar-refractivity contribution in [2.24, 2.45) is 0 Å². The molecule has 0 saturated carbocycles. The molecular weight excluding hydrogens is 222 g/mol. The summed E-state index contributed by atoms with van der Waals surface area (Å²) in [5.41, 5.74) is -0.520. The van der Waals surface area contributed by atoms with Crippen LogP contribution in [-0.4, -0.2) is 28.8 Å². The summed E-state index contributed by atoms with van der Waals surface area (Å²) in [5, 5.41) is 11.0. The molecule has 1 atom stereocenters. The smallest absolute Gasteiger partial charge is 0.408 e. The van der Waals surface area contributed by atoms with Crippen molar-refractivity contribution in [3.05, 3.63) is 12.7 Å². The van der Waals surface area contributed by atoms with Gasteiger partial charge in [0.1, 0.15) is 11.6 Å². The molecule has 1 amide bonds. The van der Waals surface area contributed by atoms with Crippen molar-refractivity contribution in [2.45, 2.75) is 51.7 Å². The lowest BCUT2D eigenvalue weighted by Crippen LogP contribution is -2.44. The lowest BCUT2D eigenvalue weighted by atomic mass is 9.94. The number of amides is 1. The van der Waals surface area contributed by atoms with E-state index in [9.17, 15) is 9.59 Å². The molecule has 0 unspecified atom stereocenters. The van der Waals surface area contributed by atoms with Gasteiger partial charge in [-0.25, -0.2) is 9.59 Å². The van der Waals surface area contributed by atoms with Gasteiger partial charge in [-0.05, 0) is 19.3 Å². The molecule has 5 nitrogen and oxygen atoms in total. The number of alkyl carbamates (subject to hydrolysis) is 1. The van der Waals surface area contributed by atoms with Crippen molar-refractivity contribution in [2.75, 3.05) is 0 Å². The number of carbonyl (C=O) groups excluding carboxylic acids is 1. The fourth-order valence-electron chi connectivity index (χ4n) is 1.54. The molecule has 2 N–H and O–H groups in total. The summed E-state index contributed by atoms with van der Waals surface area (Å²) in [6.45, 7) is 9.14. The summed E-state index contributed by atoms with van der Waals surface area (Å²) < 4.78 is 5.31. The van der Waals surface area contributed by atoms with E-state index in [2.05, 4.69) is 11.9 Å². The van der Waals surface area contributed by atoms with Crippen molar-refractivity contribution < 1.29 is 19.4 Å². The lowest BCUT2D eigenvalue weighted by molar-refractivity contribution is -0.138. The molecule has 0 aromatic rings. The maximum Gasteiger partial charge on any atom is 0.408 e. The summed E-state index contributed by atoms with van der Waals surface area (Å²) >= 11 is 0. The molecule has 0 spiro atoms. The third-order valence-electron chi connectivity index (χ3n) is 3.02. The first kappa shape index (κ1) is 15.5. The standard InChI is InChI=1S/C12H21NO4/c1-5-9(10(14)15)13-11(16)17-12(6-2,7-3)8-4/h5,9H,1,6-8H2,2-4H3,(H,13,16)(H,14,15)/t9-/m0/s1. The molecule has 0 rings (SSSR count). The van der Waals surface area contributed by atoms with Crippen LogP contribution in [0, 0.1) is 0 Å². The molecule has 17 heavy (non-hydrogen) atoms. The lowest BCUT2D eigenvalue weighted by Gasteiger charge is -2.30. The summed E-state index contributed by atoms with van der Waals surface area (Å²) in [6, 6.07) is -1.12. The second-order valence-electron chi connectivity index (χ2n) is 3.83. The number of ether oxygens (including phenoxy) is 1. The Hall–Kier alpha value is -1.52. The maximum atomic E-state index is 11.6. The van der Waals surface area contributed by atoms with Crippen LogP contribution in [0.2, 0.25) is 0 Å². The molecule has 0 aliphatic carbocycles. The number of nitrogens with one attached hydrogen (secondary N) is 1. The molecule has 0 radical (unpaired) electrons. The van der Waals surface area contributed by atoms with Crippen LogP contribution < -0.4 is 5.32 Å². The predicted molar refractivity (Wildman–Crippen MR) is 64.8 cm³/mol. The van der Waals surface area contributed by atoms with Gasteiger partial charge in [-0.2, -0.15) is 0 Å². The Balaban J connectivity index is 4.52. The molecule has 98 valence electrons. The third-order valence-corrected chi connectivity index (χ3v) is 3.02. The molecule has 0 fully saturated rings. The van der Waals surface area contributed by atoms with E-state index in [1.807, 2.05) is 20.8 Å². The Morgan fingerprint density at radius 3 is 2.12 bits per heavy atom. The summed E-state index contributed by atoms with van der Waals surface area (Å²) in [7, 11) is 0. The average molecular weight is 243 g/mol. The number of carbonyl (C=O) groups is 2. The van der Waals surface area contributed by atoms with E-state index in [0.717, 1.165) is 6.08 Å². The van der Waals surface area contributed by atoms with Gasteiger partial charge in [-0.15, -0.1) is 6.58 Å². The molecule has 0 heterocycles. The van der Waals surface area contributed by atoms with Gasteiger partial charge in [0.2, 0.25) is 0 Å². The second-order valence-corrected chi connectivity index (χ2v) is 3.83. The Kier molecular flexibility index (Phi) is 6.31. The quantitative estimate of drug-likeness (QED) is 0.673. The van der Waals surface area contributed by atoms with Crippen molar-refractivity contribution in [1.82, 2.24) is 5.32 Å². The third kappa shape index (κ3) is 4.46. The van der Waals surface area contributed by atoms with Crippen molar-refractivity contribution >= 4 is 12.1 Å². The van der Waals surface area contributed by atoms with Gasteiger partial charge in [0, 0.05) is 0 Å². The summed E-state index contributed by atoms with van der Waals surface area (Å²) in [4.78, 5) is 22.3. The minimum Gasteiger partial charge on any atom is -0.479 e. The minimum atomic E-state index is -1.16. The Morgan fingerprint density at radius 1 is 1.35 bits per heavy atom. The number of hydrogen-bond acceptors (Lipinski definition) is 3. The average Bonchev–Trinajstić information content (AvgIpc) is 2.32. The van der Waals surface area contributed by atoms with Crippen molar-refractivity contribution in [3.8, 4) is 0 Å². The fourth-order valence-corrected chi connectivity index (χ4v) is 1.54. The summed E-state index contributed by atoms with van der Waals surface area (Å²) in [6.07, 6.45) is 2.51. The Bertz CT molecular complexity index is 276. The zero-order valence-corrected chi connectivity index (χ0v) is 10.7. The van der Waals surface area contributed by atoms with Gasteiger partial charge in [-0.1, -0.05) is 26.8 Å². The second kappa shape index (κ2) is 6.93. The van der Waals surface area contributed by atoms with Crippen LogP contribution in [0.4, 0.5) is 4.79 Å². The van der Waals surface area contributed by atoms with Gasteiger partial charge in [0.25, 0.3) is 0 Å². The van der Waals surface area contributed by atoms with E-state index in [-0.39, 0.29) is 0 Å². The molecule has 0 aromatic heterocycles. The first-order valence-corrected chi connectivity index (χ1v) is 5.79. The highest BCUT2D eigenvalue weighted by Crippen LogP contribution is 2.24. The SMILES string of the molecule is C=C[C@H](NC(=O)OC(CC)(CC)CC)C(=O)O. The topological polar surface area (TPSA) is 75.6 Å². The van der Waals surface area contributed by atoms with Crippen molar-refractivity contribution in [3.63, 3.8) is 0 Å². The van der Waals surface area contributed by atoms with Crippen molar-refractivity contribution in [1.29, 1.82) is 0 Å². The van der Waals surface area contributed by atoms with E-state index in [1.54, 1.807) is 0 Å². The van der Waals surface area contributed by atoms with E-state index in [1.165, 1.54) is 0 Å². The molecule has 0 aliphatic rings. The molecule has 0 aromatic carbocycles. The van der Waals surface area contributed by atoms with Gasteiger partial charge < -0.3 is 15.2 Å². The minimum absolute atomic E-state index is 0.520. The first-order valence-electron chi connectivity index (χ1n) is 5.79. The number of carboxylic acids is 1. The molecule has 0 aliphatic heterocycles. The highest BCUT2D eigenvalue weighted by molar-refractivity contribution is 5.81. The van der Waals surface area contributed by atoms with Gasteiger partial charge in [0.05, 0.1) is 0 Å². The molecule has 5 heteroatoms. The van der Waals surface area contributed by atoms with Crippen LogP contribution >= 0.6 is 0 Å². The van der Waals surface area contributed by atoms with Crippen LogP contribution in [0.15, 0.2) is 12.7 Å². The van der Waals surface area contributed by atoms with Crippen LogP contribution in [0.25, 0.3) is 0 Å². The predicted octanol–water partition coefficient (Wildman–Crippen LogP) is 2.32. The van der Waals surface area contributed by atoms with E-state index < -0.39 is 23.7 Å². The molecule has 0 bridgehead atoms. The first-order chi connectivity index (χ1) is 7.94. The Labute approximate surface area is 102 Å².